The summed E-state index contributed by atoms with van der Waals surface area (Å²) < 4.78 is 5.27. The van der Waals surface area contributed by atoms with Gasteiger partial charge in [0.2, 0.25) is 0 Å². The van der Waals surface area contributed by atoms with Crippen molar-refractivity contribution < 1.29 is 9.32 Å². The highest BCUT2D eigenvalue weighted by atomic mass is 16.5. The molecule has 1 aromatic carbocycles. The molecular formula is C19H21N3O2. The predicted molar refractivity (Wildman–Crippen MR) is 93.0 cm³/mol. The minimum Gasteiger partial charge on any atom is -0.348 e. The van der Waals surface area contributed by atoms with Gasteiger partial charge in [-0.1, -0.05) is 43.3 Å². The second kappa shape index (κ2) is 6.43. The molecule has 0 atom stereocenters. The monoisotopic (exact) mass is 323 g/mol. The number of fused-ring (bicyclic) bond motifs is 1. The maximum absolute atomic E-state index is 12.8. The molecule has 0 aliphatic heterocycles. The van der Waals surface area contributed by atoms with Gasteiger partial charge in [0.25, 0.3) is 11.6 Å². The summed E-state index contributed by atoms with van der Waals surface area (Å²) in [5.41, 5.74) is 4.73. The largest absolute Gasteiger partial charge is 0.348 e. The topological polar surface area (TPSA) is 68.0 Å². The van der Waals surface area contributed by atoms with Crippen LogP contribution in [-0.2, 0) is 6.54 Å². The van der Waals surface area contributed by atoms with E-state index in [0.29, 0.717) is 28.9 Å². The van der Waals surface area contributed by atoms with E-state index < -0.39 is 0 Å². The summed E-state index contributed by atoms with van der Waals surface area (Å²) in [6, 6.07) is 9.85. The lowest BCUT2D eigenvalue weighted by Crippen LogP contribution is -2.24. The average molecular weight is 323 g/mol. The van der Waals surface area contributed by atoms with E-state index in [1.807, 2.05) is 58.0 Å². The molecule has 3 aromatic rings. The summed E-state index contributed by atoms with van der Waals surface area (Å²) in [5, 5.41) is 7.63. The Labute approximate surface area is 141 Å². The molecule has 0 saturated carbocycles. The van der Waals surface area contributed by atoms with Crippen LogP contribution in [-0.4, -0.2) is 16.0 Å². The molecule has 0 fully saturated rings. The summed E-state index contributed by atoms with van der Waals surface area (Å²) in [4.78, 5) is 17.2. The molecule has 24 heavy (non-hydrogen) atoms. The standard InChI is InChI=1S/C19H21N3O2/c1-11(2)16-9-15(17-13(4)22-24-19(17)21-16)18(23)20-10-14-8-6-5-7-12(14)3/h5-9,11H,10H2,1-4H3,(H,20,23). The van der Waals surface area contributed by atoms with Crippen molar-refractivity contribution in [2.24, 2.45) is 0 Å². The summed E-state index contributed by atoms with van der Waals surface area (Å²) in [6.07, 6.45) is 0. The van der Waals surface area contributed by atoms with Crippen molar-refractivity contribution in [2.45, 2.75) is 40.2 Å². The molecule has 5 nitrogen and oxygen atoms in total. The number of carbonyl (C=O) groups excluding carboxylic acids is 1. The second-order valence-electron chi connectivity index (χ2n) is 6.31. The van der Waals surface area contributed by atoms with Gasteiger partial charge >= 0.3 is 0 Å². The first-order valence-electron chi connectivity index (χ1n) is 8.07. The molecule has 124 valence electrons. The number of aryl methyl sites for hydroxylation is 2. The number of hydrogen-bond donors (Lipinski definition) is 1. The molecule has 0 unspecified atom stereocenters. The number of nitrogens with one attached hydrogen (secondary N) is 1. The number of pyridine rings is 1. The third kappa shape index (κ3) is 3.02. The molecule has 0 aliphatic carbocycles. The van der Waals surface area contributed by atoms with Gasteiger partial charge in [0.05, 0.1) is 16.6 Å². The second-order valence-corrected chi connectivity index (χ2v) is 6.31. The summed E-state index contributed by atoms with van der Waals surface area (Å²) in [6.45, 7) is 8.41. The quantitative estimate of drug-likeness (QED) is 0.791. The Bertz CT molecular complexity index is 897. The Hall–Kier alpha value is -2.69. The number of benzene rings is 1. The van der Waals surface area contributed by atoms with Crippen LogP contribution in [0.15, 0.2) is 34.9 Å². The van der Waals surface area contributed by atoms with Crippen LogP contribution in [0.3, 0.4) is 0 Å². The van der Waals surface area contributed by atoms with Gasteiger partial charge in [0.15, 0.2) is 0 Å². The zero-order valence-corrected chi connectivity index (χ0v) is 14.4. The molecule has 1 N–H and O–H groups in total. The minimum atomic E-state index is -0.140. The smallest absolute Gasteiger partial charge is 0.259 e. The van der Waals surface area contributed by atoms with Crippen LogP contribution in [0.5, 0.6) is 0 Å². The number of rotatable bonds is 4. The van der Waals surface area contributed by atoms with Crippen LogP contribution in [0.4, 0.5) is 0 Å². The van der Waals surface area contributed by atoms with Crippen molar-refractivity contribution in [2.75, 3.05) is 0 Å². The lowest BCUT2D eigenvalue weighted by Gasteiger charge is -2.11. The first-order chi connectivity index (χ1) is 11.5. The first-order valence-corrected chi connectivity index (χ1v) is 8.07. The van der Waals surface area contributed by atoms with Gasteiger partial charge in [-0.15, -0.1) is 0 Å². The molecule has 0 radical (unpaired) electrons. The van der Waals surface area contributed by atoms with E-state index in [1.165, 1.54) is 0 Å². The van der Waals surface area contributed by atoms with E-state index in [-0.39, 0.29) is 11.8 Å². The maximum Gasteiger partial charge on any atom is 0.259 e. The lowest BCUT2D eigenvalue weighted by molar-refractivity contribution is 0.0952. The Balaban J connectivity index is 1.94. The highest BCUT2D eigenvalue weighted by Gasteiger charge is 2.19. The Kier molecular flexibility index (Phi) is 4.34. The number of amides is 1. The molecule has 2 heterocycles. The third-order valence-electron chi connectivity index (χ3n) is 4.17. The number of carbonyl (C=O) groups is 1. The van der Waals surface area contributed by atoms with E-state index in [4.69, 9.17) is 4.52 Å². The number of aromatic nitrogens is 2. The number of hydrogen-bond acceptors (Lipinski definition) is 4. The zero-order valence-electron chi connectivity index (χ0n) is 14.4. The van der Waals surface area contributed by atoms with Crippen LogP contribution >= 0.6 is 0 Å². The van der Waals surface area contributed by atoms with Gasteiger partial charge in [0, 0.05) is 12.2 Å². The maximum atomic E-state index is 12.8. The SMILES string of the molecule is Cc1ccccc1CNC(=O)c1cc(C(C)C)nc2onc(C)c12. The predicted octanol–water partition coefficient (Wildman–Crippen LogP) is 3.89. The van der Waals surface area contributed by atoms with Crippen LogP contribution in [0.25, 0.3) is 11.1 Å². The number of nitrogens with zero attached hydrogens (tertiary/aromatic N) is 2. The van der Waals surface area contributed by atoms with Gasteiger partial charge in [0.1, 0.15) is 0 Å². The third-order valence-corrected chi connectivity index (χ3v) is 4.17. The molecule has 2 aromatic heterocycles. The summed E-state index contributed by atoms with van der Waals surface area (Å²) in [7, 11) is 0. The van der Waals surface area contributed by atoms with E-state index in [0.717, 1.165) is 16.8 Å². The molecule has 0 saturated heterocycles. The average Bonchev–Trinajstić information content (AvgIpc) is 2.94. The lowest BCUT2D eigenvalue weighted by atomic mass is 10.0. The molecule has 0 aliphatic rings. The van der Waals surface area contributed by atoms with Crippen LogP contribution < -0.4 is 5.32 Å². The van der Waals surface area contributed by atoms with Crippen LogP contribution in [0, 0.1) is 13.8 Å². The summed E-state index contributed by atoms with van der Waals surface area (Å²) in [5.74, 6) is 0.0570. The Morgan fingerprint density at radius 2 is 2.00 bits per heavy atom. The molecule has 5 heteroatoms. The fourth-order valence-electron chi connectivity index (χ4n) is 2.67. The fourth-order valence-corrected chi connectivity index (χ4v) is 2.67. The van der Waals surface area contributed by atoms with Crippen molar-refractivity contribution in [3.05, 3.63) is 58.4 Å². The van der Waals surface area contributed by atoms with Crippen LogP contribution in [0.2, 0.25) is 0 Å². The molecule has 1 amide bonds. The van der Waals surface area contributed by atoms with Crippen molar-refractivity contribution in [1.29, 1.82) is 0 Å². The van der Waals surface area contributed by atoms with Gasteiger partial charge in [-0.25, -0.2) is 4.98 Å². The van der Waals surface area contributed by atoms with E-state index in [2.05, 4.69) is 15.5 Å². The highest BCUT2D eigenvalue weighted by molar-refractivity contribution is 6.06. The van der Waals surface area contributed by atoms with Crippen LogP contribution in [0.1, 0.15) is 52.6 Å². The van der Waals surface area contributed by atoms with Gasteiger partial charge in [-0.05, 0) is 37.0 Å². The van der Waals surface area contributed by atoms with Crippen molar-refractivity contribution in [3.63, 3.8) is 0 Å². The van der Waals surface area contributed by atoms with Crippen molar-refractivity contribution in [1.82, 2.24) is 15.5 Å². The first kappa shape index (κ1) is 16.2. The zero-order chi connectivity index (χ0) is 17.3. The molecule has 3 rings (SSSR count). The van der Waals surface area contributed by atoms with Crippen molar-refractivity contribution >= 4 is 17.0 Å². The van der Waals surface area contributed by atoms with E-state index in [9.17, 15) is 4.79 Å². The molecular weight excluding hydrogens is 302 g/mol. The highest BCUT2D eigenvalue weighted by Crippen LogP contribution is 2.25. The minimum absolute atomic E-state index is 0.140. The molecule has 0 spiro atoms. The van der Waals surface area contributed by atoms with Gasteiger partial charge in [-0.3, -0.25) is 4.79 Å². The Morgan fingerprint density at radius 3 is 2.71 bits per heavy atom. The van der Waals surface area contributed by atoms with Gasteiger partial charge < -0.3 is 9.84 Å². The van der Waals surface area contributed by atoms with E-state index >= 15 is 0 Å². The Morgan fingerprint density at radius 1 is 1.25 bits per heavy atom. The summed E-state index contributed by atoms with van der Waals surface area (Å²) >= 11 is 0. The normalized spacial score (nSPS) is 11.2. The van der Waals surface area contributed by atoms with Crippen molar-refractivity contribution in [3.8, 4) is 0 Å². The van der Waals surface area contributed by atoms with Gasteiger partial charge in [-0.2, -0.15) is 0 Å². The van der Waals surface area contributed by atoms with E-state index in [1.54, 1.807) is 0 Å². The molecule has 0 bridgehead atoms. The fraction of sp³-hybridized carbons (Fsp3) is 0.316.